The van der Waals surface area contributed by atoms with Crippen LogP contribution in [0.2, 0.25) is 0 Å². The van der Waals surface area contributed by atoms with E-state index in [4.69, 9.17) is 0 Å². The number of carbonyl (C=O) groups excluding carboxylic acids is 2. The second kappa shape index (κ2) is 4.49. The highest BCUT2D eigenvalue weighted by Gasteiger charge is 2.44. The van der Waals surface area contributed by atoms with E-state index in [0.29, 0.717) is 6.54 Å². The van der Waals surface area contributed by atoms with Crippen molar-refractivity contribution in [3.63, 3.8) is 0 Å². The molecule has 0 aromatic heterocycles. The summed E-state index contributed by atoms with van der Waals surface area (Å²) in [5.74, 6) is 2.05. The largest absolute Gasteiger partial charge is 0.354 e. The highest BCUT2D eigenvalue weighted by molar-refractivity contribution is 7.99. The first kappa shape index (κ1) is 11.3. The van der Waals surface area contributed by atoms with Gasteiger partial charge in [0.05, 0.1) is 18.0 Å². The number of piperidine rings is 1. The van der Waals surface area contributed by atoms with Crippen molar-refractivity contribution in [2.75, 3.05) is 24.7 Å². The standard InChI is InChI=1S/C11H17N3O2S/c15-10-7-2-1-3-14(9(7)4-12-10)11(16)8-5-17-6-13-8/h7-9,13H,1-6H2,(H,12,15). The van der Waals surface area contributed by atoms with Gasteiger partial charge in [-0.05, 0) is 12.8 Å². The molecule has 0 radical (unpaired) electrons. The second-order valence-corrected chi connectivity index (χ2v) is 5.89. The molecule has 3 saturated heterocycles. The van der Waals surface area contributed by atoms with Gasteiger partial charge in [0.25, 0.3) is 0 Å². The molecule has 0 aromatic rings. The first-order chi connectivity index (χ1) is 8.27. The molecule has 3 heterocycles. The first-order valence-corrected chi connectivity index (χ1v) is 7.32. The Morgan fingerprint density at radius 2 is 2.35 bits per heavy atom. The Morgan fingerprint density at radius 3 is 3.12 bits per heavy atom. The van der Waals surface area contributed by atoms with E-state index in [1.165, 1.54) is 0 Å². The van der Waals surface area contributed by atoms with Crippen molar-refractivity contribution in [3.8, 4) is 0 Å². The van der Waals surface area contributed by atoms with Gasteiger partial charge in [-0.3, -0.25) is 14.9 Å². The van der Waals surface area contributed by atoms with Gasteiger partial charge in [-0.25, -0.2) is 0 Å². The van der Waals surface area contributed by atoms with E-state index in [2.05, 4.69) is 10.6 Å². The zero-order valence-corrected chi connectivity index (χ0v) is 10.5. The number of nitrogens with zero attached hydrogens (tertiary/aromatic N) is 1. The lowest BCUT2D eigenvalue weighted by atomic mass is 9.91. The molecule has 6 heteroatoms. The molecule has 2 N–H and O–H groups in total. The van der Waals surface area contributed by atoms with Crippen LogP contribution in [0.5, 0.6) is 0 Å². The molecule has 17 heavy (non-hydrogen) atoms. The summed E-state index contributed by atoms with van der Waals surface area (Å²) in [6, 6.07) is 0.0469. The molecule has 94 valence electrons. The van der Waals surface area contributed by atoms with E-state index < -0.39 is 0 Å². The van der Waals surface area contributed by atoms with Crippen molar-refractivity contribution >= 4 is 23.6 Å². The van der Waals surface area contributed by atoms with E-state index >= 15 is 0 Å². The maximum atomic E-state index is 12.4. The van der Waals surface area contributed by atoms with Crippen molar-refractivity contribution in [1.82, 2.24) is 15.5 Å². The molecule has 2 amide bonds. The van der Waals surface area contributed by atoms with Crippen molar-refractivity contribution < 1.29 is 9.59 Å². The summed E-state index contributed by atoms with van der Waals surface area (Å²) in [6.07, 6.45) is 1.87. The molecule has 0 spiro atoms. The fourth-order valence-corrected chi connectivity index (χ4v) is 3.91. The fraction of sp³-hybridized carbons (Fsp3) is 0.818. The van der Waals surface area contributed by atoms with Crippen LogP contribution in [0, 0.1) is 5.92 Å². The van der Waals surface area contributed by atoms with Crippen molar-refractivity contribution in [3.05, 3.63) is 0 Å². The third kappa shape index (κ3) is 1.93. The maximum absolute atomic E-state index is 12.4. The van der Waals surface area contributed by atoms with E-state index in [9.17, 15) is 9.59 Å². The van der Waals surface area contributed by atoms with Crippen molar-refractivity contribution in [2.24, 2.45) is 5.92 Å². The van der Waals surface area contributed by atoms with Crippen LogP contribution in [0.4, 0.5) is 0 Å². The minimum atomic E-state index is -0.0468. The highest BCUT2D eigenvalue weighted by atomic mass is 32.2. The van der Waals surface area contributed by atoms with Crippen molar-refractivity contribution in [1.29, 1.82) is 0 Å². The summed E-state index contributed by atoms with van der Waals surface area (Å²) < 4.78 is 0. The quantitative estimate of drug-likeness (QED) is 0.656. The fourth-order valence-electron chi connectivity index (χ4n) is 2.98. The molecule has 5 nitrogen and oxygen atoms in total. The van der Waals surface area contributed by atoms with Gasteiger partial charge in [-0.15, -0.1) is 11.8 Å². The topological polar surface area (TPSA) is 61.4 Å². The summed E-state index contributed by atoms with van der Waals surface area (Å²) in [4.78, 5) is 25.9. The molecule has 0 aromatic carbocycles. The molecule has 3 fully saturated rings. The number of carbonyl (C=O) groups is 2. The summed E-state index contributed by atoms with van der Waals surface area (Å²) in [5.41, 5.74) is 0. The zero-order chi connectivity index (χ0) is 11.8. The predicted octanol–water partition coefficient (Wildman–Crippen LogP) is -0.614. The Labute approximate surface area is 105 Å². The summed E-state index contributed by atoms with van der Waals surface area (Å²) >= 11 is 1.76. The summed E-state index contributed by atoms with van der Waals surface area (Å²) in [5, 5.41) is 6.09. The van der Waals surface area contributed by atoms with Gasteiger partial charge < -0.3 is 10.2 Å². The molecule has 3 rings (SSSR count). The SMILES string of the molecule is O=C1NCC2C1CCCN2C(=O)C1CSCN1. The third-order valence-electron chi connectivity index (χ3n) is 3.90. The number of likely N-dealkylation sites (tertiary alicyclic amines) is 1. The molecule has 0 saturated carbocycles. The van der Waals surface area contributed by atoms with Gasteiger partial charge in [0, 0.05) is 24.7 Å². The number of thioether (sulfide) groups is 1. The molecular formula is C11H17N3O2S. The normalized spacial score (nSPS) is 36.8. The number of hydrogen-bond acceptors (Lipinski definition) is 4. The van der Waals surface area contributed by atoms with E-state index in [-0.39, 0.29) is 29.8 Å². The molecule has 3 atom stereocenters. The molecule has 0 bridgehead atoms. The Bertz CT molecular complexity index is 344. The number of amides is 2. The zero-order valence-electron chi connectivity index (χ0n) is 9.65. The van der Waals surface area contributed by atoms with Gasteiger partial charge in [0.1, 0.15) is 0 Å². The average molecular weight is 255 g/mol. The van der Waals surface area contributed by atoms with E-state index in [1.807, 2.05) is 4.90 Å². The molecule has 3 aliphatic heterocycles. The first-order valence-electron chi connectivity index (χ1n) is 6.16. The van der Waals surface area contributed by atoms with Crippen LogP contribution in [-0.4, -0.2) is 53.5 Å². The van der Waals surface area contributed by atoms with Gasteiger partial charge in [0.2, 0.25) is 11.8 Å². The van der Waals surface area contributed by atoms with Gasteiger partial charge in [-0.1, -0.05) is 0 Å². The van der Waals surface area contributed by atoms with Crippen LogP contribution in [-0.2, 0) is 9.59 Å². The van der Waals surface area contributed by atoms with Gasteiger partial charge in [0.15, 0.2) is 0 Å². The number of hydrogen-bond donors (Lipinski definition) is 2. The van der Waals surface area contributed by atoms with Crippen LogP contribution < -0.4 is 10.6 Å². The summed E-state index contributed by atoms with van der Waals surface area (Å²) in [6.45, 7) is 1.44. The second-order valence-electron chi connectivity index (χ2n) is 4.86. The Hall–Kier alpha value is -0.750. The lowest BCUT2D eigenvalue weighted by molar-refractivity contribution is -0.138. The monoisotopic (exact) mass is 255 g/mol. The number of nitrogens with one attached hydrogen (secondary N) is 2. The van der Waals surface area contributed by atoms with Crippen LogP contribution in [0.3, 0.4) is 0 Å². The highest BCUT2D eigenvalue weighted by Crippen LogP contribution is 2.28. The average Bonchev–Trinajstić information content (AvgIpc) is 2.98. The number of fused-ring (bicyclic) bond motifs is 1. The smallest absolute Gasteiger partial charge is 0.240 e. The predicted molar refractivity (Wildman–Crippen MR) is 65.5 cm³/mol. The van der Waals surface area contributed by atoms with Crippen LogP contribution in [0.15, 0.2) is 0 Å². The van der Waals surface area contributed by atoms with Gasteiger partial charge in [-0.2, -0.15) is 0 Å². The number of rotatable bonds is 1. The maximum Gasteiger partial charge on any atom is 0.240 e. The Kier molecular flexibility index (Phi) is 3.00. The lowest BCUT2D eigenvalue weighted by Crippen LogP contribution is -2.54. The minimum absolute atomic E-state index is 0.0294. The third-order valence-corrected chi connectivity index (χ3v) is 4.84. The Morgan fingerprint density at radius 1 is 1.47 bits per heavy atom. The van der Waals surface area contributed by atoms with Crippen LogP contribution in [0.25, 0.3) is 0 Å². The molecule has 3 unspecified atom stereocenters. The van der Waals surface area contributed by atoms with Crippen LogP contribution >= 0.6 is 11.8 Å². The van der Waals surface area contributed by atoms with E-state index in [1.54, 1.807) is 11.8 Å². The lowest BCUT2D eigenvalue weighted by Gasteiger charge is -2.37. The summed E-state index contributed by atoms with van der Waals surface area (Å²) in [7, 11) is 0. The van der Waals surface area contributed by atoms with E-state index in [0.717, 1.165) is 31.0 Å². The molecule has 3 aliphatic rings. The van der Waals surface area contributed by atoms with Crippen LogP contribution in [0.1, 0.15) is 12.8 Å². The Balaban J connectivity index is 1.73. The molecular weight excluding hydrogens is 238 g/mol. The minimum Gasteiger partial charge on any atom is -0.354 e. The van der Waals surface area contributed by atoms with Crippen molar-refractivity contribution in [2.45, 2.75) is 24.9 Å². The molecule has 0 aliphatic carbocycles. The van der Waals surface area contributed by atoms with Gasteiger partial charge >= 0.3 is 0 Å².